The van der Waals surface area contributed by atoms with E-state index >= 15 is 0 Å². The molecule has 0 saturated heterocycles. The van der Waals surface area contributed by atoms with Crippen molar-refractivity contribution >= 4 is 17.2 Å². The summed E-state index contributed by atoms with van der Waals surface area (Å²) in [5, 5.41) is 5.45. The first-order valence-corrected chi connectivity index (χ1v) is 6.57. The second-order valence-corrected chi connectivity index (χ2v) is 4.85. The number of benzene rings is 1. The molecule has 0 atom stereocenters. The molecule has 1 heterocycles. The molecule has 0 saturated carbocycles. The van der Waals surface area contributed by atoms with E-state index < -0.39 is 5.82 Å². The Bertz CT molecular complexity index is 571. The Morgan fingerprint density at radius 1 is 1.53 bits per heavy atom. The Balaban J connectivity index is 1.75. The van der Waals surface area contributed by atoms with Gasteiger partial charge < -0.3 is 10.1 Å². The van der Waals surface area contributed by atoms with Crippen LogP contribution in [-0.2, 0) is 11.3 Å². The predicted octanol–water partition coefficient (Wildman–Crippen LogP) is 2.29. The van der Waals surface area contributed by atoms with E-state index in [1.165, 1.54) is 29.5 Å². The molecule has 1 N–H and O–H groups in total. The number of aromatic nitrogens is 1. The van der Waals surface area contributed by atoms with Gasteiger partial charge in [0.25, 0.3) is 5.91 Å². The zero-order valence-corrected chi connectivity index (χ0v) is 11.2. The van der Waals surface area contributed by atoms with Crippen molar-refractivity contribution in [3.8, 4) is 5.75 Å². The van der Waals surface area contributed by atoms with Crippen molar-refractivity contribution in [2.45, 2.75) is 13.5 Å². The minimum atomic E-state index is -0.392. The number of thiazole rings is 1. The number of rotatable bonds is 5. The van der Waals surface area contributed by atoms with Crippen molar-refractivity contribution in [3.63, 3.8) is 0 Å². The monoisotopic (exact) mass is 280 g/mol. The summed E-state index contributed by atoms with van der Waals surface area (Å²) in [5.74, 6) is -0.325. The maximum Gasteiger partial charge on any atom is 0.258 e. The van der Waals surface area contributed by atoms with E-state index in [2.05, 4.69) is 10.3 Å². The molecular formula is C13H13FN2O2S. The molecule has 6 heteroatoms. The highest BCUT2D eigenvalue weighted by atomic mass is 32.1. The smallest absolute Gasteiger partial charge is 0.258 e. The van der Waals surface area contributed by atoms with Crippen LogP contribution in [0.2, 0.25) is 0 Å². The fraction of sp³-hybridized carbons (Fsp3) is 0.231. The van der Waals surface area contributed by atoms with Crippen molar-refractivity contribution in [2.24, 2.45) is 0 Å². The highest BCUT2D eigenvalue weighted by Gasteiger charge is 2.05. The largest absolute Gasteiger partial charge is 0.484 e. The fourth-order valence-electron chi connectivity index (χ4n) is 1.41. The number of aryl methyl sites for hydroxylation is 1. The third-order valence-corrected chi connectivity index (χ3v) is 3.24. The summed E-state index contributed by atoms with van der Waals surface area (Å²) in [4.78, 5) is 15.8. The van der Waals surface area contributed by atoms with E-state index in [9.17, 15) is 9.18 Å². The van der Waals surface area contributed by atoms with E-state index in [0.29, 0.717) is 12.3 Å². The van der Waals surface area contributed by atoms with Gasteiger partial charge in [-0.25, -0.2) is 9.37 Å². The molecule has 2 aromatic rings. The quantitative estimate of drug-likeness (QED) is 0.914. The third-order valence-electron chi connectivity index (χ3n) is 2.27. The van der Waals surface area contributed by atoms with E-state index in [1.807, 2.05) is 12.3 Å². The molecule has 4 nitrogen and oxygen atoms in total. The first kappa shape index (κ1) is 13.5. The SMILES string of the molecule is Cc1csc(CNC(=O)COc2cccc(F)c2)n1. The number of carbonyl (C=O) groups excluding carboxylic acids is 1. The van der Waals surface area contributed by atoms with E-state index in [4.69, 9.17) is 4.74 Å². The number of nitrogens with zero attached hydrogens (tertiary/aromatic N) is 1. The van der Waals surface area contributed by atoms with Crippen LogP contribution in [0.15, 0.2) is 29.6 Å². The number of ether oxygens (including phenoxy) is 1. The van der Waals surface area contributed by atoms with Gasteiger partial charge >= 0.3 is 0 Å². The zero-order chi connectivity index (χ0) is 13.7. The van der Waals surface area contributed by atoms with Crippen LogP contribution in [0.4, 0.5) is 4.39 Å². The molecule has 0 radical (unpaired) electrons. The number of hydrogen-bond donors (Lipinski definition) is 1. The van der Waals surface area contributed by atoms with Gasteiger partial charge in [0, 0.05) is 17.1 Å². The van der Waals surface area contributed by atoms with Crippen molar-refractivity contribution in [1.82, 2.24) is 10.3 Å². The van der Waals surface area contributed by atoms with E-state index in [0.717, 1.165) is 10.7 Å². The maximum absolute atomic E-state index is 12.9. The van der Waals surface area contributed by atoms with Crippen molar-refractivity contribution in [1.29, 1.82) is 0 Å². The molecule has 0 spiro atoms. The van der Waals surface area contributed by atoms with Crippen molar-refractivity contribution in [3.05, 3.63) is 46.2 Å². The highest BCUT2D eigenvalue weighted by molar-refractivity contribution is 7.09. The van der Waals surface area contributed by atoms with Crippen molar-refractivity contribution in [2.75, 3.05) is 6.61 Å². The molecule has 0 unspecified atom stereocenters. The normalized spacial score (nSPS) is 10.2. The lowest BCUT2D eigenvalue weighted by atomic mass is 10.3. The Morgan fingerprint density at radius 2 is 2.37 bits per heavy atom. The van der Waals surface area contributed by atoms with Crippen LogP contribution in [0.5, 0.6) is 5.75 Å². The Labute approximate surface area is 114 Å². The van der Waals surface area contributed by atoms with Crippen molar-refractivity contribution < 1.29 is 13.9 Å². The summed E-state index contributed by atoms with van der Waals surface area (Å²) < 4.78 is 18.0. The van der Waals surface area contributed by atoms with Gasteiger partial charge in [-0.2, -0.15) is 0 Å². The van der Waals surface area contributed by atoms with Crippen LogP contribution >= 0.6 is 11.3 Å². The van der Waals surface area contributed by atoms with Gasteiger partial charge in [0.2, 0.25) is 0 Å². The number of halogens is 1. The van der Waals surface area contributed by atoms with E-state index in [1.54, 1.807) is 6.07 Å². The van der Waals surface area contributed by atoms with Gasteiger partial charge in [0.05, 0.1) is 6.54 Å². The predicted molar refractivity (Wildman–Crippen MR) is 70.6 cm³/mol. The molecule has 1 aromatic heterocycles. The summed E-state index contributed by atoms with van der Waals surface area (Å²) in [5.41, 5.74) is 0.935. The number of hydrogen-bond acceptors (Lipinski definition) is 4. The molecule has 0 aliphatic heterocycles. The lowest BCUT2D eigenvalue weighted by Crippen LogP contribution is -2.28. The Hall–Kier alpha value is -1.95. The molecule has 2 rings (SSSR count). The number of carbonyl (C=O) groups is 1. The maximum atomic E-state index is 12.9. The number of amides is 1. The first-order valence-electron chi connectivity index (χ1n) is 5.69. The molecule has 0 fully saturated rings. The molecule has 0 aliphatic carbocycles. The van der Waals surface area contributed by atoms with Crippen LogP contribution in [0, 0.1) is 12.7 Å². The molecule has 0 bridgehead atoms. The van der Waals surface area contributed by atoms with Gasteiger partial charge in [-0.05, 0) is 19.1 Å². The minimum Gasteiger partial charge on any atom is -0.484 e. The summed E-state index contributed by atoms with van der Waals surface area (Å²) >= 11 is 1.49. The second-order valence-electron chi connectivity index (χ2n) is 3.91. The first-order chi connectivity index (χ1) is 9.13. The zero-order valence-electron chi connectivity index (χ0n) is 10.4. The summed E-state index contributed by atoms with van der Waals surface area (Å²) in [7, 11) is 0. The van der Waals surface area contributed by atoms with Gasteiger partial charge in [-0.1, -0.05) is 6.07 Å². The van der Waals surface area contributed by atoms with E-state index in [-0.39, 0.29) is 12.5 Å². The average molecular weight is 280 g/mol. The van der Waals surface area contributed by atoms with Crippen LogP contribution < -0.4 is 10.1 Å². The highest BCUT2D eigenvalue weighted by Crippen LogP contribution is 2.11. The molecule has 1 amide bonds. The minimum absolute atomic E-state index is 0.145. The molecular weight excluding hydrogens is 267 g/mol. The second kappa shape index (κ2) is 6.29. The summed E-state index contributed by atoms with van der Waals surface area (Å²) in [6.07, 6.45) is 0. The van der Waals surface area contributed by atoms with Gasteiger partial charge in [-0.3, -0.25) is 4.79 Å². The Morgan fingerprint density at radius 3 is 3.05 bits per heavy atom. The van der Waals surface area contributed by atoms with Gasteiger partial charge in [-0.15, -0.1) is 11.3 Å². The van der Waals surface area contributed by atoms with Crippen LogP contribution in [0.1, 0.15) is 10.7 Å². The number of nitrogens with one attached hydrogen (secondary N) is 1. The third kappa shape index (κ3) is 4.33. The lowest BCUT2D eigenvalue weighted by molar-refractivity contribution is -0.123. The lowest BCUT2D eigenvalue weighted by Gasteiger charge is -2.06. The molecule has 0 aliphatic rings. The van der Waals surface area contributed by atoms with Crippen LogP contribution in [0.25, 0.3) is 0 Å². The topological polar surface area (TPSA) is 51.2 Å². The summed E-state index contributed by atoms with van der Waals surface area (Å²) in [6.45, 7) is 2.13. The van der Waals surface area contributed by atoms with Crippen LogP contribution in [-0.4, -0.2) is 17.5 Å². The molecule has 100 valence electrons. The Kier molecular flexibility index (Phi) is 4.46. The van der Waals surface area contributed by atoms with Gasteiger partial charge in [0.1, 0.15) is 16.6 Å². The van der Waals surface area contributed by atoms with Crippen LogP contribution in [0.3, 0.4) is 0 Å². The average Bonchev–Trinajstić information content (AvgIpc) is 2.80. The molecule has 19 heavy (non-hydrogen) atoms. The fourth-order valence-corrected chi connectivity index (χ4v) is 2.13. The molecule has 1 aromatic carbocycles. The summed E-state index contributed by atoms with van der Waals surface area (Å²) in [6, 6.07) is 5.68. The van der Waals surface area contributed by atoms with Gasteiger partial charge in [0.15, 0.2) is 6.61 Å². The standard InChI is InChI=1S/C13H13FN2O2S/c1-9-8-19-13(16-9)6-15-12(17)7-18-11-4-2-3-10(14)5-11/h2-5,8H,6-7H2,1H3,(H,15,17).